The van der Waals surface area contributed by atoms with Crippen LogP contribution in [0.25, 0.3) is 11.0 Å². The van der Waals surface area contributed by atoms with Crippen molar-refractivity contribution in [2.24, 2.45) is 0 Å². The number of fused-ring (bicyclic) bond motifs is 1. The molecule has 0 aliphatic heterocycles. The van der Waals surface area contributed by atoms with Gasteiger partial charge in [0.1, 0.15) is 10.4 Å². The molecule has 0 fully saturated rings. The summed E-state index contributed by atoms with van der Waals surface area (Å²) < 4.78 is 35.0. The molecular weight excluding hydrogens is 422 g/mol. The molecule has 0 amide bonds. The first-order valence-corrected chi connectivity index (χ1v) is 9.81. The van der Waals surface area contributed by atoms with E-state index in [1.54, 1.807) is 29.1 Å². The molecule has 0 bridgehead atoms. The van der Waals surface area contributed by atoms with Crippen LogP contribution in [0.4, 0.5) is 5.82 Å². The quantitative estimate of drug-likeness (QED) is 0.518. The number of benzene rings is 2. The monoisotopic (exact) mass is 433 g/mol. The third kappa shape index (κ3) is 3.33. The van der Waals surface area contributed by atoms with Crippen LogP contribution in [0.2, 0.25) is 0 Å². The Morgan fingerprint density at radius 3 is 2.69 bits per heavy atom. The minimum Gasteiger partial charge on any atom is -0.266 e. The fourth-order valence-electron chi connectivity index (χ4n) is 2.47. The average molecular weight is 434 g/mol. The molecule has 0 saturated heterocycles. The van der Waals surface area contributed by atoms with Crippen LogP contribution >= 0.6 is 15.9 Å². The molecule has 2 heterocycles. The predicted octanol–water partition coefficient (Wildman–Crippen LogP) is 3.03. The molecule has 4 aromatic rings. The second kappa shape index (κ2) is 6.54. The van der Waals surface area contributed by atoms with Gasteiger partial charge in [0.2, 0.25) is 0 Å². The van der Waals surface area contributed by atoms with Gasteiger partial charge in [-0.3, -0.25) is 9.40 Å². The van der Waals surface area contributed by atoms with Crippen molar-refractivity contribution in [3.05, 3.63) is 64.8 Å². The Labute approximate surface area is 157 Å². The molecule has 8 nitrogen and oxygen atoms in total. The summed E-state index contributed by atoms with van der Waals surface area (Å²) in [6.07, 6.45) is 1.71. The van der Waals surface area contributed by atoms with Gasteiger partial charge in [0.05, 0.1) is 6.54 Å². The highest BCUT2D eigenvalue weighted by Gasteiger charge is 2.21. The van der Waals surface area contributed by atoms with Crippen molar-refractivity contribution in [1.82, 2.24) is 20.1 Å². The van der Waals surface area contributed by atoms with Crippen LogP contribution in [0, 0.1) is 0 Å². The summed E-state index contributed by atoms with van der Waals surface area (Å²) in [6, 6.07) is 14.0. The normalized spacial score (nSPS) is 11.7. The van der Waals surface area contributed by atoms with Gasteiger partial charge in [-0.2, -0.15) is 5.10 Å². The summed E-state index contributed by atoms with van der Waals surface area (Å²) in [5.41, 5.74) is 1.59. The van der Waals surface area contributed by atoms with E-state index in [9.17, 15) is 8.42 Å². The van der Waals surface area contributed by atoms with E-state index in [4.69, 9.17) is 0 Å². The number of rotatable bonds is 5. The Kier molecular flexibility index (Phi) is 4.21. The second-order valence-corrected chi connectivity index (χ2v) is 8.09. The summed E-state index contributed by atoms with van der Waals surface area (Å²) in [5, 5.41) is 11.6. The van der Waals surface area contributed by atoms with E-state index in [1.807, 2.05) is 24.3 Å². The van der Waals surface area contributed by atoms with Crippen LogP contribution in [0.15, 0.2) is 68.7 Å². The number of halogens is 1. The molecule has 26 heavy (non-hydrogen) atoms. The maximum absolute atomic E-state index is 12.6. The molecule has 2 aromatic heterocycles. The van der Waals surface area contributed by atoms with Crippen LogP contribution in [0.3, 0.4) is 0 Å². The highest BCUT2D eigenvalue weighted by molar-refractivity contribution is 9.10. The zero-order valence-corrected chi connectivity index (χ0v) is 15.6. The molecule has 10 heteroatoms. The molecule has 0 atom stereocenters. The van der Waals surface area contributed by atoms with Gasteiger partial charge in [0.25, 0.3) is 10.0 Å². The third-order valence-corrected chi connectivity index (χ3v) is 5.59. The highest BCUT2D eigenvalue weighted by atomic mass is 79.9. The first-order chi connectivity index (χ1) is 12.5. The summed E-state index contributed by atoms with van der Waals surface area (Å²) in [6.45, 7) is 0.526. The molecule has 0 aliphatic carbocycles. The van der Waals surface area contributed by atoms with Gasteiger partial charge in [-0.15, -0.1) is 0 Å². The summed E-state index contributed by atoms with van der Waals surface area (Å²) >= 11 is 3.39. The summed E-state index contributed by atoms with van der Waals surface area (Å²) in [5.74, 6) is 0.218. The van der Waals surface area contributed by atoms with Crippen molar-refractivity contribution in [2.75, 3.05) is 4.72 Å². The van der Waals surface area contributed by atoms with Crippen molar-refractivity contribution in [3.8, 4) is 0 Å². The van der Waals surface area contributed by atoms with Gasteiger partial charge in [0.15, 0.2) is 11.3 Å². The Hall–Kier alpha value is -2.72. The van der Waals surface area contributed by atoms with Crippen LogP contribution in [0.5, 0.6) is 0 Å². The van der Waals surface area contributed by atoms with E-state index in [0.29, 0.717) is 12.1 Å². The van der Waals surface area contributed by atoms with Gasteiger partial charge < -0.3 is 0 Å². The van der Waals surface area contributed by atoms with Crippen LogP contribution in [0.1, 0.15) is 5.56 Å². The minimum atomic E-state index is -3.87. The van der Waals surface area contributed by atoms with Gasteiger partial charge in [0, 0.05) is 16.7 Å². The smallest absolute Gasteiger partial charge is 0.265 e. The fourth-order valence-corrected chi connectivity index (χ4v) is 3.88. The lowest BCUT2D eigenvalue weighted by Crippen LogP contribution is -2.14. The highest BCUT2D eigenvalue weighted by Crippen LogP contribution is 2.22. The number of hydrogen-bond donors (Lipinski definition) is 1. The molecule has 0 radical (unpaired) electrons. The van der Waals surface area contributed by atoms with Crippen molar-refractivity contribution >= 4 is 42.8 Å². The molecule has 4 rings (SSSR count). The zero-order chi connectivity index (χ0) is 18.1. The fraction of sp³-hybridized carbons (Fsp3) is 0.0625. The SMILES string of the molecule is O=S(=O)(Nc1ccn(Cc2ccc(Br)cc2)n1)c1cccc2nonc12. The minimum absolute atomic E-state index is 0.0151. The lowest BCUT2D eigenvalue weighted by molar-refractivity contribution is 0.315. The van der Waals surface area contributed by atoms with Crippen LogP contribution < -0.4 is 4.72 Å². The lowest BCUT2D eigenvalue weighted by atomic mass is 10.2. The summed E-state index contributed by atoms with van der Waals surface area (Å²) in [7, 11) is -3.87. The Balaban J connectivity index is 1.56. The number of aromatic nitrogens is 4. The van der Waals surface area contributed by atoms with E-state index in [2.05, 4.69) is 40.7 Å². The standard InChI is InChI=1S/C16H12BrN5O3S/c17-12-6-4-11(5-7-12)10-22-9-8-15(18-22)21-26(23,24)14-3-1-2-13-16(14)20-25-19-13/h1-9H,10H2,(H,18,21). The molecular formula is C16H12BrN5O3S. The number of hydrogen-bond acceptors (Lipinski definition) is 6. The van der Waals surface area contributed by atoms with E-state index < -0.39 is 10.0 Å². The lowest BCUT2D eigenvalue weighted by Gasteiger charge is -2.05. The van der Waals surface area contributed by atoms with Crippen LogP contribution in [-0.4, -0.2) is 28.5 Å². The predicted molar refractivity (Wildman–Crippen MR) is 98.1 cm³/mol. The largest absolute Gasteiger partial charge is 0.266 e. The van der Waals surface area contributed by atoms with E-state index >= 15 is 0 Å². The van der Waals surface area contributed by atoms with E-state index in [-0.39, 0.29) is 16.2 Å². The van der Waals surface area contributed by atoms with Crippen molar-refractivity contribution in [1.29, 1.82) is 0 Å². The first kappa shape index (κ1) is 16.7. The average Bonchev–Trinajstić information content (AvgIpc) is 3.25. The topological polar surface area (TPSA) is 103 Å². The first-order valence-electron chi connectivity index (χ1n) is 7.53. The van der Waals surface area contributed by atoms with Crippen LogP contribution in [-0.2, 0) is 16.6 Å². The zero-order valence-electron chi connectivity index (χ0n) is 13.2. The number of nitrogens with zero attached hydrogens (tertiary/aromatic N) is 4. The maximum Gasteiger partial charge on any atom is 0.265 e. The Morgan fingerprint density at radius 2 is 1.88 bits per heavy atom. The number of anilines is 1. The third-order valence-electron chi connectivity index (χ3n) is 3.68. The molecule has 0 unspecified atom stereocenters. The maximum atomic E-state index is 12.6. The molecule has 2 aromatic carbocycles. The second-order valence-electron chi connectivity index (χ2n) is 5.52. The molecule has 132 valence electrons. The van der Waals surface area contributed by atoms with Crippen molar-refractivity contribution < 1.29 is 13.0 Å². The number of nitrogens with one attached hydrogen (secondary N) is 1. The van der Waals surface area contributed by atoms with Gasteiger partial charge in [-0.1, -0.05) is 34.1 Å². The van der Waals surface area contributed by atoms with Gasteiger partial charge in [-0.05, 0) is 40.1 Å². The molecule has 0 saturated carbocycles. The van der Waals surface area contributed by atoms with E-state index in [1.165, 1.54) is 6.07 Å². The number of sulfonamides is 1. The summed E-state index contributed by atoms with van der Waals surface area (Å²) in [4.78, 5) is -0.0151. The Bertz CT molecular complexity index is 1170. The molecule has 0 aliphatic rings. The van der Waals surface area contributed by atoms with Crippen molar-refractivity contribution in [2.45, 2.75) is 11.4 Å². The van der Waals surface area contributed by atoms with Crippen molar-refractivity contribution in [3.63, 3.8) is 0 Å². The molecule has 0 spiro atoms. The van der Waals surface area contributed by atoms with Gasteiger partial charge >= 0.3 is 0 Å². The van der Waals surface area contributed by atoms with E-state index in [0.717, 1.165) is 10.0 Å². The molecule has 1 N–H and O–H groups in total. The Morgan fingerprint density at radius 1 is 1.08 bits per heavy atom. The van der Waals surface area contributed by atoms with Gasteiger partial charge in [-0.25, -0.2) is 13.0 Å².